The molecule has 0 fully saturated rings. The van der Waals surface area contributed by atoms with Crippen molar-refractivity contribution in [2.24, 2.45) is 0 Å². The lowest BCUT2D eigenvalue weighted by Crippen LogP contribution is -2.21. The fraction of sp³-hybridized carbons (Fsp3) is 0.500. The lowest BCUT2D eigenvalue weighted by Gasteiger charge is -2.08. The van der Waals surface area contributed by atoms with Gasteiger partial charge in [0.05, 0.1) is 13.5 Å². The highest BCUT2D eigenvalue weighted by Crippen LogP contribution is 2.34. The first-order valence-electron chi connectivity index (χ1n) is 6.37. The Morgan fingerprint density at radius 1 is 1.32 bits per heavy atom. The molecule has 0 saturated heterocycles. The van der Waals surface area contributed by atoms with Gasteiger partial charge in [-0.1, -0.05) is 0 Å². The Morgan fingerprint density at radius 2 is 2.05 bits per heavy atom. The minimum atomic E-state index is -0.188. The predicted molar refractivity (Wildman–Crippen MR) is 70.5 cm³/mol. The predicted octanol–water partition coefficient (Wildman–Crippen LogP) is 1.42. The van der Waals surface area contributed by atoms with E-state index in [0.717, 1.165) is 24.5 Å². The molecule has 0 amide bonds. The molecule has 0 unspecified atom stereocenters. The van der Waals surface area contributed by atoms with Gasteiger partial charge in [0, 0.05) is 6.54 Å². The zero-order chi connectivity index (χ0) is 13.7. The molecule has 1 N–H and O–H groups in total. The number of hydrogen-bond acceptors (Lipinski definition) is 5. The molecule has 5 nitrogen and oxygen atoms in total. The van der Waals surface area contributed by atoms with Gasteiger partial charge in [0.15, 0.2) is 11.5 Å². The van der Waals surface area contributed by atoms with Gasteiger partial charge in [0.1, 0.15) is 0 Å². The molecule has 5 heteroatoms. The van der Waals surface area contributed by atoms with Gasteiger partial charge < -0.3 is 19.5 Å². The highest BCUT2D eigenvalue weighted by Gasteiger charge is 2.15. The van der Waals surface area contributed by atoms with E-state index in [2.05, 4.69) is 17.0 Å². The summed E-state index contributed by atoms with van der Waals surface area (Å²) in [5.41, 5.74) is 2.42. The van der Waals surface area contributed by atoms with Crippen LogP contribution in [0.25, 0.3) is 0 Å². The van der Waals surface area contributed by atoms with Crippen LogP contribution in [0.5, 0.6) is 11.5 Å². The highest BCUT2D eigenvalue weighted by molar-refractivity contribution is 5.69. The van der Waals surface area contributed by atoms with E-state index in [1.54, 1.807) is 0 Å². The standard InChI is InChI=1S/C14H19NO4/c1-10-7-12-13(19-9-18-12)8-11(10)3-5-15-6-4-14(16)17-2/h7-8,15H,3-6,9H2,1-2H3. The zero-order valence-corrected chi connectivity index (χ0v) is 11.3. The van der Waals surface area contributed by atoms with Crippen molar-refractivity contribution in [3.05, 3.63) is 23.3 Å². The van der Waals surface area contributed by atoms with Gasteiger partial charge in [0.2, 0.25) is 6.79 Å². The maximum Gasteiger partial charge on any atom is 0.306 e. The van der Waals surface area contributed by atoms with E-state index < -0.39 is 0 Å². The molecule has 0 aliphatic carbocycles. The van der Waals surface area contributed by atoms with Crippen LogP contribution in [-0.4, -0.2) is 33.0 Å². The summed E-state index contributed by atoms with van der Waals surface area (Å²) < 4.78 is 15.3. The summed E-state index contributed by atoms with van der Waals surface area (Å²) in [5, 5.41) is 3.22. The van der Waals surface area contributed by atoms with E-state index in [4.69, 9.17) is 9.47 Å². The first-order chi connectivity index (χ1) is 9.20. The van der Waals surface area contributed by atoms with Crippen molar-refractivity contribution >= 4 is 5.97 Å². The fourth-order valence-electron chi connectivity index (χ4n) is 2.00. The monoisotopic (exact) mass is 265 g/mol. The maximum atomic E-state index is 10.9. The van der Waals surface area contributed by atoms with Crippen LogP contribution < -0.4 is 14.8 Å². The number of rotatable bonds is 6. The van der Waals surface area contributed by atoms with E-state index in [9.17, 15) is 4.79 Å². The van der Waals surface area contributed by atoms with Crippen LogP contribution in [0.1, 0.15) is 17.5 Å². The van der Waals surface area contributed by atoms with Crippen LogP contribution in [0.3, 0.4) is 0 Å². The molecule has 104 valence electrons. The second kappa shape index (κ2) is 6.43. The van der Waals surface area contributed by atoms with Gasteiger partial charge in [-0.05, 0) is 43.1 Å². The summed E-state index contributed by atoms with van der Waals surface area (Å²) in [6.07, 6.45) is 1.29. The zero-order valence-electron chi connectivity index (χ0n) is 11.3. The van der Waals surface area contributed by atoms with Crippen LogP contribution in [0.4, 0.5) is 0 Å². The van der Waals surface area contributed by atoms with Crippen molar-refractivity contribution in [2.45, 2.75) is 19.8 Å². The lowest BCUT2D eigenvalue weighted by atomic mass is 10.0. The average Bonchev–Trinajstić information content (AvgIpc) is 2.85. The van der Waals surface area contributed by atoms with Crippen molar-refractivity contribution < 1.29 is 19.0 Å². The number of esters is 1. The summed E-state index contributed by atoms with van der Waals surface area (Å²) in [6, 6.07) is 4.03. The molecule has 0 radical (unpaired) electrons. The Bertz CT molecular complexity index is 459. The number of fused-ring (bicyclic) bond motifs is 1. The Labute approximate surface area is 112 Å². The van der Waals surface area contributed by atoms with E-state index in [-0.39, 0.29) is 5.97 Å². The Morgan fingerprint density at radius 3 is 2.79 bits per heavy atom. The number of aryl methyl sites for hydroxylation is 1. The molecule has 1 aromatic carbocycles. The number of ether oxygens (including phenoxy) is 3. The summed E-state index contributed by atoms with van der Waals surface area (Å²) in [7, 11) is 1.40. The molecule has 0 atom stereocenters. The number of carbonyl (C=O) groups is 1. The minimum absolute atomic E-state index is 0.188. The Hall–Kier alpha value is -1.75. The Balaban J connectivity index is 1.78. The van der Waals surface area contributed by atoms with E-state index in [0.29, 0.717) is 19.8 Å². The molecular formula is C14H19NO4. The molecule has 0 aromatic heterocycles. The summed E-state index contributed by atoms with van der Waals surface area (Å²) in [6.45, 7) is 3.81. The molecule has 0 spiro atoms. The van der Waals surface area contributed by atoms with Crippen LogP contribution in [0.2, 0.25) is 0 Å². The van der Waals surface area contributed by atoms with E-state index in [1.165, 1.54) is 18.2 Å². The normalized spacial score (nSPS) is 12.5. The van der Waals surface area contributed by atoms with Crippen LogP contribution >= 0.6 is 0 Å². The van der Waals surface area contributed by atoms with Crippen molar-refractivity contribution in [1.82, 2.24) is 5.32 Å². The van der Waals surface area contributed by atoms with Crippen LogP contribution in [0.15, 0.2) is 12.1 Å². The number of hydrogen-bond donors (Lipinski definition) is 1. The van der Waals surface area contributed by atoms with Gasteiger partial charge in [-0.3, -0.25) is 4.79 Å². The van der Waals surface area contributed by atoms with Crippen molar-refractivity contribution in [2.75, 3.05) is 27.0 Å². The fourth-order valence-corrected chi connectivity index (χ4v) is 2.00. The first-order valence-corrected chi connectivity index (χ1v) is 6.37. The molecule has 1 heterocycles. The van der Waals surface area contributed by atoms with Gasteiger partial charge in [-0.25, -0.2) is 0 Å². The van der Waals surface area contributed by atoms with Crippen molar-refractivity contribution in [3.8, 4) is 11.5 Å². The number of carbonyl (C=O) groups excluding carboxylic acids is 1. The van der Waals surface area contributed by atoms with Crippen molar-refractivity contribution in [1.29, 1.82) is 0 Å². The molecule has 1 aliphatic heterocycles. The van der Waals surface area contributed by atoms with E-state index in [1.807, 2.05) is 12.1 Å². The molecular weight excluding hydrogens is 246 g/mol. The molecule has 0 bridgehead atoms. The maximum absolute atomic E-state index is 10.9. The van der Waals surface area contributed by atoms with Gasteiger partial charge >= 0.3 is 5.97 Å². The second-order valence-corrected chi connectivity index (χ2v) is 4.46. The third kappa shape index (κ3) is 3.61. The highest BCUT2D eigenvalue weighted by atomic mass is 16.7. The first kappa shape index (κ1) is 13.7. The molecule has 1 aliphatic rings. The van der Waals surface area contributed by atoms with Crippen molar-refractivity contribution in [3.63, 3.8) is 0 Å². The topological polar surface area (TPSA) is 56.8 Å². The molecule has 2 rings (SSSR count). The summed E-state index contributed by atoms with van der Waals surface area (Å²) >= 11 is 0. The third-order valence-corrected chi connectivity index (χ3v) is 3.14. The van der Waals surface area contributed by atoms with Crippen LogP contribution in [-0.2, 0) is 16.0 Å². The second-order valence-electron chi connectivity index (χ2n) is 4.46. The molecule has 1 aromatic rings. The largest absolute Gasteiger partial charge is 0.469 e. The number of nitrogens with one attached hydrogen (secondary N) is 1. The van der Waals surface area contributed by atoms with Gasteiger partial charge in [0.25, 0.3) is 0 Å². The average molecular weight is 265 g/mol. The van der Waals surface area contributed by atoms with Gasteiger partial charge in [-0.2, -0.15) is 0 Å². The smallest absolute Gasteiger partial charge is 0.306 e. The molecule has 0 saturated carbocycles. The quantitative estimate of drug-likeness (QED) is 0.622. The number of benzene rings is 1. The van der Waals surface area contributed by atoms with E-state index >= 15 is 0 Å². The summed E-state index contributed by atoms with van der Waals surface area (Å²) in [4.78, 5) is 10.9. The number of methoxy groups -OCH3 is 1. The SMILES string of the molecule is COC(=O)CCNCCc1cc2c(cc1C)OCO2. The minimum Gasteiger partial charge on any atom is -0.469 e. The Kier molecular flexibility index (Phi) is 4.63. The lowest BCUT2D eigenvalue weighted by molar-refractivity contribution is -0.140. The summed E-state index contributed by atoms with van der Waals surface area (Å²) in [5.74, 6) is 1.45. The van der Waals surface area contributed by atoms with Gasteiger partial charge in [-0.15, -0.1) is 0 Å². The third-order valence-electron chi connectivity index (χ3n) is 3.14. The van der Waals surface area contributed by atoms with Crippen LogP contribution in [0, 0.1) is 6.92 Å². The molecule has 19 heavy (non-hydrogen) atoms.